The fraction of sp³-hybridized carbons (Fsp3) is 0.458. The number of fused-ring (bicyclic) bond motifs is 1. The highest BCUT2D eigenvalue weighted by molar-refractivity contribution is 5.83. The van der Waals surface area contributed by atoms with Gasteiger partial charge in [0.15, 0.2) is 6.23 Å². The van der Waals surface area contributed by atoms with Crippen molar-refractivity contribution in [1.29, 1.82) is 0 Å². The normalized spacial score (nSPS) is 13.6. The van der Waals surface area contributed by atoms with Crippen LogP contribution in [0.3, 0.4) is 0 Å². The van der Waals surface area contributed by atoms with Crippen LogP contribution in [0.5, 0.6) is 0 Å². The number of nitrogens with one attached hydrogen (secondary N) is 1. The fourth-order valence-electron chi connectivity index (χ4n) is 3.66. The second kappa shape index (κ2) is 8.22. The van der Waals surface area contributed by atoms with Gasteiger partial charge in [0.2, 0.25) is 0 Å². The molecule has 2 aromatic carbocycles. The number of hydrogen-bond donors (Lipinski definition) is 4. The number of aromatic nitrogens is 2. The maximum atomic E-state index is 14.5. The molecule has 4 N–H and O–H groups in total. The Balaban J connectivity index is 2.04. The van der Waals surface area contributed by atoms with Gasteiger partial charge in [-0.15, -0.1) is 0 Å². The lowest BCUT2D eigenvalue weighted by Gasteiger charge is -2.25. The van der Waals surface area contributed by atoms with Crippen LogP contribution in [0.15, 0.2) is 30.3 Å². The number of rotatable bonds is 7. The Bertz CT molecular complexity index is 1090. The van der Waals surface area contributed by atoms with Crippen LogP contribution in [0.1, 0.15) is 62.9 Å². The summed E-state index contributed by atoms with van der Waals surface area (Å²) in [7, 11) is 1.89. The van der Waals surface area contributed by atoms with Crippen LogP contribution in [-0.2, 0) is 19.1 Å². The standard InChI is InChI=1S/C24H32FN3O3/c1-14-8-7-9-15(21(14)25)22(29)27-17-13-19-18(12-16(17)24(4,5)31)26-20(28(19)6)10-11-23(2,3)30/h7-9,12-13,22,27,29-31H,10-11H2,1-6H3. The largest absolute Gasteiger partial charge is 0.390 e. The minimum atomic E-state index is -1.29. The summed E-state index contributed by atoms with van der Waals surface area (Å²) >= 11 is 0. The van der Waals surface area contributed by atoms with E-state index in [1.54, 1.807) is 58.9 Å². The highest BCUT2D eigenvalue weighted by Gasteiger charge is 2.25. The van der Waals surface area contributed by atoms with Crippen LogP contribution in [0.4, 0.5) is 10.1 Å². The molecule has 3 aromatic rings. The third-order valence-corrected chi connectivity index (χ3v) is 5.54. The van der Waals surface area contributed by atoms with E-state index in [4.69, 9.17) is 0 Å². The summed E-state index contributed by atoms with van der Waals surface area (Å²) in [5, 5.41) is 34.5. The molecule has 1 aromatic heterocycles. The summed E-state index contributed by atoms with van der Waals surface area (Å²) in [5.74, 6) is 0.337. The molecule has 0 saturated heterocycles. The minimum absolute atomic E-state index is 0.137. The van der Waals surface area contributed by atoms with Gasteiger partial charge in [-0.3, -0.25) is 0 Å². The Labute approximate surface area is 182 Å². The second-order valence-electron chi connectivity index (χ2n) is 9.37. The van der Waals surface area contributed by atoms with Crippen LogP contribution in [0, 0.1) is 12.7 Å². The molecule has 0 aliphatic heterocycles. The van der Waals surface area contributed by atoms with E-state index in [9.17, 15) is 19.7 Å². The molecule has 31 heavy (non-hydrogen) atoms. The van der Waals surface area contributed by atoms with E-state index in [1.165, 1.54) is 6.07 Å². The Kier molecular flexibility index (Phi) is 6.15. The first-order valence-corrected chi connectivity index (χ1v) is 10.4. The van der Waals surface area contributed by atoms with Crippen LogP contribution in [0.2, 0.25) is 0 Å². The first-order chi connectivity index (χ1) is 14.3. The van der Waals surface area contributed by atoms with Crippen molar-refractivity contribution < 1.29 is 19.7 Å². The van der Waals surface area contributed by atoms with Crippen molar-refractivity contribution in [3.05, 3.63) is 58.7 Å². The molecule has 0 amide bonds. The van der Waals surface area contributed by atoms with Crippen LogP contribution in [-0.4, -0.2) is 30.5 Å². The maximum absolute atomic E-state index is 14.5. The zero-order valence-electron chi connectivity index (χ0n) is 19.0. The maximum Gasteiger partial charge on any atom is 0.153 e. The molecule has 1 heterocycles. The van der Waals surface area contributed by atoms with E-state index in [2.05, 4.69) is 10.3 Å². The summed E-state index contributed by atoms with van der Waals surface area (Å²) in [6.07, 6.45) is -0.146. The van der Waals surface area contributed by atoms with Crippen molar-refractivity contribution >= 4 is 16.7 Å². The number of benzene rings is 2. The monoisotopic (exact) mass is 429 g/mol. The Hall–Kier alpha value is -2.48. The van der Waals surface area contributed by atoms with Crippen molar-refractivity contribution in [3.63, 3.8) is 0 Å². The number of anilines is 1. The molecule has 0 spiro atoms. The van der Waals surface area contributed by atoms with Gasteiger partial charge in [0.25, 0.3) is 0 Å². The Morgan fingerprint density at radius 3 is 2.45 bits per heavy atom. The summed E-state index contributed by atoms with van der Waals surface area (Å²) in [4.78, 5) is 4.68. The molecule has 168 valence electrons. The average Bonchev–Trinajstić information content (AvgIpc) is 2.95. The number of nitrogens with zero attached hydrogens (tertiary/aromatic N) is 2. The average molecular weight is 430 g/mol. The third-order valence-electron chi connectivity index (χ3n) is 5.54. The van der Waals surface area contributed by atoms with Crippen molar-refractivity contribution in [2.24, 2.45) is 7.05 Å². The Morgan fingerprint density at radius 1 is 1.16 bits per heavy atom. The number of aryl methyl sites for hydroxylation is 3. The van der Waals surface area contributed by atoms with E-state index in [-0.39, 0.29) is 5.56 Å². The summed E-state index contributed by atoms with van der Waals surface area (Å²) in [6, 6.07) is 8.45. The summed E-state index contributed by atoms with van der Waals surface area (Å²) in [5.41, 5.74) is 1.10. The quantitative estimate of drug-likeness (QED) is 0.425. The lowest BCUT2D eigenvalue weighted by Crippen LogP contribution is -2.20. The molecule has 0 aliphatic rings. The van der Waals surface area contributed by atoms with E-state index in [1.807, 2.05) is 11.6 Å². The molecule has 3 rings (SSSR count). The second-order valence-corrected chi connectivity index (χ2v) is 9.37. The van der Waals surface area contributed by atoms with Gasteiger partial charge in [-0.2, -0.15) is 0 Å². The lowest BCUT2D eigenvalue weighted by atomic mass is 9.95. The number of imidazole rings is 1. The highest BCUT2D eigenvalue weighted by atomic mass is 19.1. The summed E-state index contributed by atoms with van der Waals surface area (Å²) < 4.78 is 16.4. The molecule has 1 atom stereocenters. The van der Waals surface area contributed by atoms with Gasteiger partial charge in [0.1, 0.15) is 11.6 Å². The molecule has 0 aliphatic carbocycles. The fourth-order valence-corrected chi connectivity index (χ4v) is 3.66. The number of hydrogen-bond acceptors (Lipinski definition) is 5. The molecular weight excluding hydrogens is 397 g/mol. The predicted octanol–water partition coefficient (Wildman–Crippen LogP) is 4.05. The zero-order chi connectivity index (χ0) is 23.1. The first kappa shape index (κ1) is 23.2. The SMILES string of the molecule is Cc1cccc(C(O)Nc2cc3c(cc2C(C)(C)O)nc(CCC(C)(C)O)n3C)c1F. The number of halogens is 1. The Morgan fingerprint density at radius 2 is 1.84 bits per heavy atom. The van der Waals surface area contributed by atoms with Gasteiger partial charge in [0, 0.05) is 30.3 Å². The molecule has 0 bridgehead atoms. The van der Waals surface area contributed by atoms with Gasteiger partial charge < -0.3 is 25.2 Å². The molecular formula is C24H32FN3O3. The molecule has 6 nitrogen and oxygen atoms in total. The lowest BCUT2D eigenvalue weighted by molar-refractivity contribution is 0.0706. The van der Waals surface area contributed by atoms with Crippen LogP contribution < -0.4 is 5.32 Å². The zero-order valence-corrected chi connectivity index (χ0v) is 19.0. The number of aliphatic hydroxyl groups is 3. The van der Waals surface area contributed by atoms with Crippen molar-refractivity contribution in [1.82, 2.24) is 9.55 Å². The van der Waals surface area contributed by atoms with Crippen molar-refractivity contribution in [3.8, 4) is 0 Å². The van der Waals surface area contributed by atoms with E-state index in [0.29, 0.717) is 35.2 Å². The van der Waals surface area contributed by atoms with Gasteiger partial charge >= 0.3 is 0 Å². The molecule has 0 fully saturated rings. The summed E-state index contributed by atoms with van der Waals surface area (Å²) in [6.45, 7) is 8.46. The van der Waals surface area contributed by atoms with Gasteiger partial charge in [-0.05, 0) is 58.7 Å². The van der Waals surface area contributed by atoms with Crippen molar-refractivity contribution in [2.75, 3.05) is 5.32 Å². The van der Waals surface area contributed by atoms with E-state index in [0.717, 1.165) is 11.3 Å². The molecule has 0 radical (unpaired) electrons. The van der Waals surface area contributed by atoms with Gasteiger partial charge in [0.05, 0.1) is 22.2 Å². The van der Waals surface area contributed by atoms with Gasteiger partial charge in [-0.1, -0.05) is 18.2 Å². The molecule has 7 heteroatoms. The highest BCUT2D eigenvalue weighted by Crippen LogP contribution is 2.34. The molecule has 0 saturated carbocycles. The predicted molar refractivity (Wildman–Crippen MR) is 120 cm³/mol. The molecule has 1 unspecified atom stereocenters. The van der Waals surface area contributed by atoms with E-state index < -0.39 is 23.2 Å². The number of aliphatic hydroxyl groups excluding tert-OH is 1. The van der Waals surface area contributed by atoms with Crippen molar-refractivity contribution in [2.45, 2.75) is 64.9 Å². The third kappa shape index (κ3) is 5.06. The first-order valence-electron chi connectivity index (χ1n) is 10.4. The van der Waals surface area contributed by atoms with Crippen LogP contribution >= 0.6 is 0 Å². The topological polar surface area (TPSA) is 90.5 Å². The van der Waals surface area contributed by atoms with Crippen LogP contribution in [0.25, 0.3) is 11.0 Å². The van der Waals surface area contributed by atoms with Gasteiger partial charge in [-0.25, -0.2) is 9.37 Å². The smallest absolute Gasteiger partial charge is 0.153 e. The van der Waals surface area contributed by atoms with E-state index >= 15 is 0 Å². The minimum Gasteiger partial charge on any atom is -0.390 e.